The van der Waals surface area contributed by atoms with Gasteiger partial charge in [0.25, 0.3) is 0 Å². The molecule has 4 amide bonds. The molecule has 0 atom stereocenters. The van der Waals surface area contributed by atoms with Gasteiger partial charge in [0.15, 0.2) is 0 Å². The second-order valence-corrected chi connectivity index (χ2v) is 1.84. The minimum Gasteiger partial charge on any atom is -0.350 e. The lowest BCUT2D eigenvalue weighted by molar-refractivity contribution is 0.233. The zero-order valence-electron chi connectivity index (χ0n) is 5.07. The van der Waals surface area contributed by atoms with Gasteiger partial charge >= 0.3 is 22.6 Å². The van der Waals surface area contributed by atoms with Crippen molar-refractivity contribution in [3.05, 3.63) is 0 Å². The fourth-order valence-electron chi connectivity index (χ4n) is 0.206. The molecule has 0 spiro atoms. The molecule has 0 rings (SSSR count). The topological polar surface area (TPSA) is 131 Å². The van der Waals surface area contributed by atoms with Crippen molar-refractivity contribution in [1.82, 2.24) is 10.9 Å². The van der Waals surface area contributed by atoms with Gasteiger partial charge < -0.3 is 5.73 Å². The highest BCUT2D eigenvalue weighted by Gasteiger charge is 1.97. The summed E-state index contributed by atoms with van der Waals surface area (Å²) in [6, 6.07) is -2.25. The molecular weight excluding hydrogens is 176 g/mol. The van der Waals surface area contributed by atoms with Crippen molar-refractivity contribution in [2.75, 3.05) is 0 Å². The number of nitrogens with one attached hydrogen (secondary N) is 2. The zero-order valence-corrected chi connectivity index (χ0v) is 5.88. The summed E-state index contributed by atoms with van der Waals surface area (Å²) in [6.45, 7) is 0. The van der Waals surface area contributed by atoms with Gasteiger partial charge in [0, 0.05) is 0 Å². The summed E-state index contributed by atoms with van der Waals surface area (Å²) >= 11 is 0. The van der Waals surface area contributed by atoms with E-state index in [0.717, 1.165) is 0 Å². The van der Waals surface area contributed by atoms with Gasteiger partial charge in [0.1, 0.15) is 0 Å². The zero-order chi connectivity index (χ0) is 8.85. The van der Waals surface area contributed by atoms with Crippen LogP contribution in [0.1, 0.15) is 0 Å². The molecule has 0 aromatic carbocycles. The highest BCUT2D eigenvalue weighted by atomic mass is 32.2. The van der Waals surface area contributed by atoms with Crippen molar-refractivity contribution in [1.29, 1.82) is 0 Å². The second kappa shape index (κ2) is 4.22. The third-order valence-corrected chi connectivity index (χ3v) is 0.765. The maximum atomic E-state index is 10.2. The van der Waals surface area contributed by atoms with E-state index in [2.05, 4.69) is 10.1 Å². The molecule has 0 saturated heterocycles. The molecule has 4 N–H and O–H groups in total. The molecule has 0 aliphatic heterocycles. The Morgan fingerprint density at radius 1 is 1.27 bits per heavy atom. The Bertz CT molecular complexity index is 283. The number of rotatable bonds is 0. The van der Waals surface area contributed by atoms with Crippen molar-refractivity contribution < 1.29 is 18.0 Å². The number of hydrazine groups is 1. The first kappa shape index (κ1) is 9.36. The Morgan fingerprint density at radius 3 is 2.18 bits per heavy atom. The van der Waals surface area contributed by atoms with Gasteiger partial charge in [-0.05, 0) is 0 Å². The number of carbonyl (C=O) groups is 2. The Balaban J connectivity index is 3.91. The molecule has 11 heavy (non-hydrogen) atoms. The summed E-state index contributed by atoms with van der Waals surface area (Å²) in [7, 11) is -2.84. The molecule has 0 aliphatic carbocycles. The van der Waals surface area contributed by atoms with E-state index in [1.807, 2.05) is 0 Å². The lowest BCUT2D eigenvalue weighted by atomic mass is 11.1. The Hall–Kier alpha value is -1.64. The first-order chi connectivity index (χ1) is 5.02. The molecule has 0 heterocycles. The van der Waals surface area contributed by atoms with E-state index < -0.39 is 22.6 Å². The average Bonchev–Trinajstić information content (AvgIpc) is 1.82. The minimum atomic E-state index is -2.84. The third kappa shape index (κ3) is 6.24. The molecule has 0 aromatic heterocycles. The average molecular weight is 180 g/mol. The van der Waals surface area contributed by atoms with Crippen LogP contribution < -0.4 is 16.6 Å². The van der Waals surface area contributed by atoms with E-state index in [-0.39, 0.29) is 0 Å². The van der Waals surface area contributed by atoms with E-state index in [1.165, 1.54) is 0 Å². The molecule has 9 heteroatoms. The molecule has 62 valence electrons. The van der Waals surface area contributed by atoms with Crippen LogP contribution in [-0.2, 0) is 10.5 Å². The fraction of sp³-hybridized carbons (Fsp3) is 0. The smallest absolute Gasteiger partial charge is 0.350 e. The molecule has 0 bridgehead atoms. The molecule has 8 nitrogen and oxygen atoms in total. The molecule has 0 aliphatic rings. The maximum Gasteiger partial charge on any atom is 0.374 e. The summed E-state index contributed by atoms with van der Waals surface area (Å²) < 4.78 is 21.8. The highest BCUT2D eigenvalue weighted by molar-refractivity contribution is 7.62. The first-order valence-electron chi connectivity index (χ1n) is 2.19. The van der Waals surface area contributed by atoms with Gasteiger partial charge in [-0.3, -0.25) is 0 Å². The van der Waals surface area contributed by atoms with Gasteiger partial charge in [-0.25, -0.2) is 20.4 Å². The summed E-state index contributed by atoms with van der Waals surface area (Å²) in [4.78, 5) is 20.1. The summed E-state index contributed by atoms with van der Waals surface area (Å²) in [5.41, 5.74) is 7.72. The predicted molar refractivity (Wildman–Crippen MR) is 32.6 cm³/mol. The lowest BCUT2D eigenvalue weighted by Gasteiger charge is -1.96. The van der Waals surface area contributed by atoms with E-state index in [1.54, 1.807) is 10.9 Å². The molecule has 0 unspecified atom stereocenters. The number of urea groups is 2. The van der Waals surface area contributed by atoms with Gasteiger partial charge in [-0.15, -0.1) is 0 Å². The summed E-state index contributed by atoms with van der Waals surface area (Å²) in [5, 5.41) is 0. The number of carbonyl (C=O) groups excluding carboxylic acids is 2. The second-order valence-electron chi connectivity index (χ2n) is 1.23. The Morgan fingerprint density at radius 2 is 1.82 bits per heavy atom. The van der Waals surface area contributed by atoms with Crippen LogP contribution in [0.2, 0.25) is 0 Å². The van der Waals surface area contributed by atoms with Crippen molar-refractivity contribution in [3.63, 3.8) is 0 Å². The molecule has 0 aromatic rings. The van der Waals surface area contributed by atoms with Crippen LogP contribution in [0.4, 0.5) is 9.59 Å². The van der Waals surface area contributed by atoms with E-state index in [0.29, 0.717) is 0 Å². The standard InChI is InChI=1S/C2H4N4O4S/c3-1(7)4-5-2(8)6-11(9)10/h(H,5,8)(H3,3,4,7). The SMILES string of the molecule is NC(=O)NNC(=O)N=S(=O)=O. The van der Waals surface area contributed by atoms with Gasteiger partial charge in [-0.1, -0.05) is 4.36 Å². The number of nitrogens with zero attached hydrogens (tertiary/aromatic N) is 1. The maximum absolute atomic E-state index is 10.2. The highest BCUT2D eigenvalue weighted by Crippen LogP contribution is 1.67. The van der Waals surface area contributed by atoms with Crippen molar-refractivity contribution in [2.24, 2.45) is 10.1 Å². The van der Waals surface area contributed by atoms with Crippen molar-refractivity contribution in [3.8, 4) is 0 Å². The summed E-state index contributed by atoms with van der Waals surface area (Å²) in [5.74, 6) is 0. The predicted octanol–water partition coefficient (Wildman–Crippen LogP) is -1.66. The first-order valence-corrected chi connectivity index (χ1v) is 3.22. The van der Waals surface area contributed by atoms with E-state index in [9.17, 15) is 18.0 Å². The number of amides is 4. The lowest BCUT2D eigenvalue weighted by Crippen LogP contribution is -2.43. The number of hydrogen-bond acceptors (Lipinski definition) is 4. The van der Waals surface area contributed by atoms with Crippen LogP contribution in [0.3, 0.4) is 0 Å². The fourth-order valence-corrected chi connectivity index (χ4v) is 0.387. The van der Waals surface area contributed by atoms with E-state index >= 15 is 0 Å². The quantitative estimate of drug-likeness (QED) is 0.385. The van der Waals surface area contributed by atoms with Crippen LogP contribution >= 0.6 is 0 Å². The minimum absolute atomic E-state index is 1.02. The molecule has 0 saturated carbocycles. The van der Waals surface area contributed by atoms with Gasteiger partial charge in [0.05, 0.1) is 0 Å². The van der Waals surface area contributed by atoms with Crippen LogP contribution in [0.15, 0.2) is 4.36 Å². The van der Waals surface area contributed by atoms with Crippen LogP contribution in [0, 0.1) is 0 Å². The summed E-state index contributed by atoms with van der Waals surface area (Å²) in [6.07, 6.45) is 0. The monoisotopic (exact) mass is 180 g/mol. The normalized spacial score (nSPS) is 8.00. The van der Waals surface area contributed by atoms with Crippen molar-refractivity contribution >= 4 is 22.6 Å². The van der Waals surface area contributed by atoms with Crippen LogP contribution in [-0.4, -0.2) is 20.5 Å². The van der Waals surface area contributed by atoms with E-state index in [4.69, 9.17) is 0 Å². The number of nitrogens with two attached hydrogens (primary N) is 1. The van der Waals surface area contributed by atoms with Crippen LogP contribution in [0.5, 0.6) is 0 Å². The van der Waals surface area contributed by atoms with Gasteiger partial charge in [0.2, 0.25) is 0 Å². The van der Waals surface area contributed by atoms with Gasteiger partial charge in [-0.2, -0.15) is 8.42 Å². The van der Waals surface area contributed by atoms with Crippen molar-refractivity contribution in [2.45, 2.75) is 0 Å². The Labute approximate surface area is 62.4 Å². The molecular formula is C2H4N4O4S. The number of primary amides is 1. The Kier molecular flexibility index (Phi) is 3.59. The largest absolute Gasteiger partial charge is 0.374 e. The molecule has 0 radical (unpaired) electrons. The van der Waals surface area contributed by atoms with Crippen LogP contribution in [0.25, 0.3) is 0 Å². The third-order valence-electron chi connectivity index (χ3n) is 0.450. The molecule has 0 fully saturated rings. The number of hydrogen-bond donors (Lipinski definition) is 3.